The van der Waals surface area contributed by atoms with Gasteiger partial charge in [-0.3, -0.25) is 4.90 Å². The van der Waals surface area contributed by atoms with E-state index in [1.807, 2.05) is 18.2 Å². The smallest absolute Gasteiger partial charge is 0.120 e. The van der Waals surface area contributed by atoms with E-state index in [2.05, 4.69) is 4.90 Å². The summed E-state index contributed by atoms with van der Waals surface area (Å²) in [5.74, 6) is 2.20. The molecule has 2 fully saturated rings. The number of hydrogen-bond donors (Lipinski definition) is 1. The van der Waals surface area contributed by atoms with Crippen LogP contribution in [0.2, 0.25) is 0 Å². The van der Waals surface area contributed by atoms with E-state index in [-0.39, 0.29) is 0 Å². The van der Waals surface area contributed by atoms with E-state index in [4.69, 9.17) is 4.74 Å². The van der Waals surface area contributed by atoms with Crippen LogP contribution in [0.15, 0.2) is 24.3 Å². The molecule has 1 N–H and O–H groups in total. The Bertz CT molecular complexity index is 421. The maximum atomic E-state index is 9.86. The van der Waals surface area contributed by atoms with Crippen LogP contribution < -0.4 is 0 Å². The lowest BCUT2D eigenvalue weighted by atomic mass is 9.80. The fraction of sp³-hybridized carbons (Fsp3) is 0.647. The first-order valence-electron chi connectivity index (χ1n) is 7.90. The molecule has 0 aromatic heterocycles. The van der Waals surface area contributed by atoms with Gasteiger partial charge < -0.3 is 9.84 Å². The van der Waals surface area contributed by atoms with E-state index >= 15 is 0 Å². The van der Waals surface area contributed by atoms with Gasteiger partial charge >= 0.3 is 0 Å². The zero-order chi connectivity index (χ0) is 13.8. The molecule has 2 saturated heterocycles. The van der Waals surface area contributed by atoms with Gasteiger partial charge in [0.1, 0.15) is 5.75 Å². The van der Waals surface area contributed by atoms with Gasteiger partial charge in [-0.1, -0.05) is 18.2 Å². The standard InChI is InChI=1S/C17H25NO2/c19-17-4-2-1-3-16(17)13-18-9-5-14(6-10-18)15-7-11-20-12-8-15/h1-4,14-15,19H,5-13H2. The quantitative estimate of drug-likeness (QED) is 0.920. The van der Waals surface area contributed by atoms with E-state index in [0.717, 1.165) is 50.2 Å². The Morgan fingerprint density at radius 3 is 2.35 bits per heavy atom. The largest absolute Gasteiger partial charge is 0.508 e. The number of para-hydroxylation sites is 1. The zero-order valence-corrected chi connectivity index (χ0v) is 12.1. The van der Waals surface area contributed by atoms with Gasteiger partial charge in [-0.05, 0) is 56.7 Å². The molecule has 3 rings (SSSR count). The Labute approximate surface area is 121 Å². The minimum absolute atomic E-state index is 0.430. The maximum absolute atomic E-state index is 9.86. The third-order valence-corrected chi connectivity index (χ3v) is 4.95. The van der Waals surface area contributed by atoms with Crippen molar-refractivity contribution in [2.75, 3.05) is 26.3 Å². The number of hydrogen-bond acceptors (Lipinski definition) is 3. The number of likely N-dealkylation sites (tertiary alicyclic amines) is 1. The van der Waals surface area contributed by atoms with Crippen molar-refractivity contribution >= 4 is 0 Å². The van der Waals surface area contributed by atoms with Crippen LogP contribution in [0.1, 0.15) is 31.2 Å². The van der Waals surface area contributed by atoms with Crippen molar-refractivity contribution in [3.63, 3.8) is 0 Å². The van der Waals surface area contributed by atoms with Crippen molar-refractivity contribution in [2.24, 2.45) is 11.8 Å². The molecular weight excluding hydrogens is 250 g/mol. The molecule has 0 bridgehead atoms. The van der Waals surface area contributed by atoms with Gasteiger partial charge in [-0.25, -0.2) is 0 Å². The lowest BCUT2D eigenvalue weighted by Gasteiger charge is -2.37. The molecule has 1 aromatic carbocycles. The molecule has 1 aromatic rings. The normalized spacial score (nSPS) is 23.0. The van der Waals surface area contributed by atoms with Gasteiger partial charge in [0.15, 0.2) is 0 Å². The minimum Gasteiger partial charge on any atom is -0.508 e. The number of aromatic hydroxyl groups is 1. The van der Waals surface area contributed by atoms with E-state index in [0.29, 0.717) is 5.75 Å². The van der Waals surface area contributed by atoms with Crippen molar-refractivity contribution < 1.29 is 9.84 Å². The van der Waals surface area contributed by atoms with Gasteiger partial charge in [0.05, 0.1) is 0 Å². The summed E-state index contributed by atoms with van der Waals surface area (Å²) < 4.78 is 5.47. The molecule has 2 aliphatic rings. The van der Waals surface area contributed by atoms with E-state index in [1.54, 1.807) is 6.07 Å². The Hall–Kier alpha value is -1.06. The summed E-state index contributed by atoms with van der Waals surface area (Å²) in [4.78, 5) is 2.48. The first-order chi connectivity index (χ1) is 9.83. The van der Waals surface area contributed by atoms with Crippen molar-refractivity contribution in [1.29, 1.82) is 0 Å². The second-order valence-electron chi connectivity index (χ2n) is 6.19. The molecule has 110 valence electrons. The van der Waals surface area contributed by atoms with Crippen LogP contribution in [-0.2, 0) is 11.3 Å². The van der Waals surface area contributed by atoms with Crippen molar-refractivity contribution in [2.45, 2.75) is 32.2 Å². The lowest BCUT2D eigenvalue weighted by Crippen LogP contribution is -2.37. The summed E-state index contributed by atoms with van der Waals surface area (Å²) in [6, 6.07) is 7.70. The van der Waals surface area contributed by atoms with Gasteiger partial charge in [0.2, 0.25) is 0 Å². The van der Waals surface area contributed by atoms with Crippen LogP contribution in [0, 0.1) is 11.8 Å². The maximum Gasteiger partial charge on any atom is 0.120 e. The fourth-order valence-electron chi connectivity index (χ4n) is 3.66. The summed E-state index contributed by atoms with van der Waals surface area (Å²) in [6.45, 7) is 5.13. The Balaban J connectivity index is 1.50. The highest BCUT2D eigenvalue weighted by molar-refractivity contribution is 5.31. The van der Waals surface area contributed by atoms with Crippen LogP contribution in [0.5, 0.6) is 5.75 Å². The second kappa shape index (κ2) is 6.59. The molecule has 2 heterocycles. The monoisotopic (exact) mass is 275 g/mol. The molecule has 0 atom stereocenters. The van der Waals surface area contributed by atoms with Gasteiger partial charge in [0, 0.05) is 25.3 Å². The summed E-state index contributed by atoms with van der Waals surface area (Å²) in [5, 5.41) is 9.86. The number of piperidine rings is 1. The van der Waals surface area contributed by atoms with Crippen LogP contribution in [0.4, 0.5) is 0 Å². The van der Waals surface area contributed by atoms with Gasteiger partial charge in [0.25, 0.3) is 0 Å². The highest BCUT2D eigenvalue weighted by Crippen LogP contribution is 2.32. The number of phenolic OH excluding ortho intramolecular Hbond substituents is 1. The lowest BCUT2D eigenvalue weighted by molar-refractivity contribution is 0.0295. The van der Waals surface area contributed by atoms with Crippen LogP contribution in [0.25, 0.3) is 0 Å². The van der Waals surface area contributed by atoms with E-state index < -0.39 is 0 Å². The number of rotatable bonds is 3. The topological polar surface area (TPSA) is 32.7 Å². The summed E-state index contributed by atoms with van der Waals surface area (Å²) in [6.07, 6.45) is 5.12. The van der Waals surface area contributed by atoms with Crippen molar-refractivity contribution in [3.05, 3.63) is 29.8 Å². The number of phenols is 1. The highest BCUT2D eigenvalue weighted by Gasteiger charge is 2.27. The van der Waals surface area contributed by atoms with Crippen LogP contribution in [0.3, 0.4) is 0 Å². The Kier molecular flexibility index (Phi) is 4.58. The summed E-state index contributed by atoms with van der Waals surface area (Å²) in [5.41, 5.74) is 1.05. The molecular formula is C17H25NO2. The average molecular weight is 275 g/mol. The molecule has 0 spiro atoms. The number of ether oxygens (including phenoxy) is 1. The van der Waals surface area contributed by atoms with Gasteiger partial charge in [-0.15, -0.1) is 0 Å². The first-order valence-corrected chi connectivity index (χ1v) is 7.90. The predicted molar refractivity (Wildman–Crippen MR) is 79.7 cm³/mol. The second-order valence-corrected chi connectivity index (χ2v) is 6.19. The third-order valence-electron chi connectivity index (χ3n) is 4.95. The summed E-state index contributed by atoms with van der Waals surface area (Å²) >= 11 is 0. The average Bonchev–Trinajstić information content (AvgIpc) is 2.51. The molecule has 0 radical (unpaired) electrons. The molecule has 2 aliphatic heterocycles. The van der Waals surface area contributed by atoms with E-state index in [9.17, 15) is 5.11 Å². The molecule has 3 heteroatoms. The molecule has 0 aliphatic carbocycles. The SMILES string of the molecule is Oc1ccccc1CN1CCC(C2CCOCC2)CC1. The van der Waals surface area contributed by atoms with Gasteiger partial charge in [-0.2, -0.15) is 0 Å². The Morgan fingerprint density at radius 2 is 1.65 bits per heavy atom. The highest BCUT2D eigenvalue weighted by atomic mass is 16.5. The van der Waals surface area contributed by atoms with Crippen LogP contribution in [-0.4, -0.2) is 36.3 Å². The van der Waals surface area contributed by atoms with Crippen molar-refractivity contribution in [1.82, 2.24) is 4.90 Å². The molecule has 0 amide bonds. The number of nitrogens with zero attached hydrogens (tertiary/aromatic N) is 1. The molecule has 0 saturated carbocycles. The molecule has 20 heavy (non-hydrogen) atoms. The molecule has 3 nitrogen and oxygen atoms in total. The van der Waals surface area contributed by atoms with E-state index in [1.165, 1.54) is 25.7 Å². The van der Waals surface area contributed by atoms with Crippen molar-refractivity contribution in [3.8, 4) is 5.75 Å². The fourth-order valence-corrected chi connectivity index (χ4v) is 3.66. The van der Waals surface area contributed by atoms with Crippen LogP contribution >= 0.6 is 0 Å². The predicted octanol–water partition coefficient (Wildman–Crippen LogP) is 3.03. The first kappa shape index (κ1) is 13.9. The zero-order valence-electron chi connectivity index (χ0n) is 12.1. The number of benzene rings is 1. The Morgan fingerprint density at radius 1 is 1.00 bits per heavy atom. The summed E-state index contributed by atoms with van der Waals surface area (Å²) in [7, 11) is 0. The minimum atomic E-state index is 0.430. The third kappa shape index (κ3) is 3.33. The molecule has 0 unspecified atom stereocenters.